The summed E-state index contributed by atoms with van der Waals surface area (Å²) in [6.07, 6.45) is 3.19. The molecule has 1 rings (SSSR count). The van der Waals surface area contributed by atoms with Gasteiger partial charge in [0.25, 0.3) is 0 Å². The molecule has 0 aromatic heterocycles. The highest BCUT2D eigenvalue weighted by Gasteiger charge is 2.22. The molecule has 1 N–H and O–H groups in total. The molecule has 2 unspecified atom stereocenters. The predicted molar refractivity (Wildman–Crippen MR) is 67.6 cm³/mol. The number of nitrogens with one attached hydrogen (secondary N) is 1. The maximum Gasteiger partial charge on any atom is 0.223 e. The van der Waals surface area contributed by atoms with E-state index in [1.165, 1.54) is 0 Å². The third-order valence-electron chi connectivity index (χ3n) is 2.74. The molecular formula is C11H20ClNOS. The van der Waals surface area contributed by atoms with Gasteiger partial charge in [0.2, 0.25) is 5.91 Å². The standard InChI is InChI=1S/C11H20ClNOS/c1-9(7-12)3-2-5-13-11(14)10-4-6-15-8-10/h9-10H,2-8H2,1H3,(H,13,14). The van der Waals surface area contributed by atoms with Crippen molar-refractivity contribution in [3.8, 4) is 0 Å². The number of carbonyl (C=O) groups is 1. The lowest BCUT2D eigenvalue weighted by Gasteiger charge is -2.11. The first-order valence-electron chi connectivity index (χ1n) is 5.65. The third kappa shape index (κ3) is 5.12. The summed E-state index contributed by atoms with van der Waals surface area (Å²) in [6.45, 7) is 2.95. The summed E-state index contributed by atoms with van der Waals surface area (Å²) in [5.41, 5.74) is 0. The van der Waals surface area contributed by atoms with Crippen molar-refractivity contribution in [2.24, 2.45) is 11.8 Å². The number of alkyl halides is 1. The Morgan fingerprint density at radius 2 is 2.47 bits per heavy atom. The minimum Gasteiger partial charge on any atom is -0.356 e. The maximum absolute atomic E-state index is 11.6. The van der Waals surface area contributed by atoms with Crippen molar-refractivity contribution in [3.05, 3.63) is 0 Å². The van der Waals surface area contributed by atoms with E-state index in [1.54, 1.807) is 0 Å². The van der Waals surface area contributed by atoms with Gasteiger partial charge in [0.15, 0.2) is 0 Å². The fourth-order valence-electron chi connectivity index (χ4n) is 1.62. The molecule has 15 heavy (non-hydrogen) atoms. The van der Waals surface area contributed by atoms with E-state index in [9.17, 15) is 4.79 Å². The Bertz CT molecular complexity index is 195. The highest BCUT2D eigenvalue weighted by molar-refractivity contribution is 7.99. The summed E-state index contributed by atoms with van der Waals surface area (Å²) in [4.78, 5) is 11.6. The average molecular weight is 250 g/mol. The van der Waals surface area contributed by atoms with Crippen molar-refractivity contribution in [2.75, 3.05) is 23.9 Å². The second-order valence-corrected chi connectivity index (χ2v) is 5.71. The van der Waals surface area contributed by atoms with Crippen LogP contribution < -0.4 is 5.32 Å². The fraction of sp³-hybridized carbons (Fsp3) is 0.909. The first kappa shape index (κ1) is 13.2. The number of hydrogen-bond acceptors (Lipinski definition) is 2. The maximum atomic E-state index is 11.6. The van der Waals surface area contributed by atoms with Gasteiger partial charge in [-0.15, -0.1) is 11.6 Å². The van der Waals surface area contributed by atoms with E-state index in [2.05, 4.69) is 12.2 Å². The van der Waals surface area contributed by atoms with E-state index in [-0.39, 0.29) is 11.8 Å². The molecule has 1 saturated heterocycles. The van der Waals surface area contributed by atoms with Crippen LogP contribution in [0.15, 0.2) is 0 Å². The molecule has 1 heterocycles. The molecule has 0 saturated carbocycles. The van der Waals surface area contributed by atoms with Crippen LogP contribution in [0.5, 0.6) is 0 Å². The van der Waals surface area contributed by atoms with Gasteiger partial charge in [-0.05, 0) is 30.9 Å². The topological polar surface area (TPSA) is 29.1 Å². The van der Waals surface area contributed by atoms with Crippen LogP contribution in [0.1, 0.15) is 26.2 Å². The SMILES string of the molecule is CC(CCl)CCCNC(=O)C1CCSC1. The highest BCUT2D eigenvalue weighted by atomic mass is 35.5. The highest BCUT2D eigenvalue weighted by Crippen LogP contribution is 2.23. The Morgan fingerprint density at radius 3 is 3.07 bits per heavy atom. The van der Waals surface area contributed by atoms with Crippen molar-refractivity contribution >= 4 is 29.3 Å². The smallest absolute Gasteiger partial charge is 0.223 e. The van der Waals surface area contributed by atoms with E-state index in [0.29, 0.717) is 11.8 Å². The summed E-state index contributed by atoms with van der Waals surface area (Å²) >= 11 is 7.59. The summed E-state index contributed by atoms with van der Waals surface area (Å²) in [7, 11) is 0. The second-order valence-electron chi connectivity index (χ2n) is 4.25. The van der Waals surface area contributed by atoms with Gasteiger partial charge in [-0.2, -0.15) is 11.8 Å². The van der Waals surface area contributed by atoms with Gasteiger partial charge in [-0.3, -0.25) is 4.79 Å². The van der Waals surface area contributed by atoms with Gasteiger partial charge in [-0.25, -0.2) is 0 Å². The number of rotatable bonds is 6. The second kappa shape index (κ2) is 7.39. The quantitative estimate of drug-likeness (QED) is 0.579. The van der Waals surface area contributed by atoms with Crippen molar-refractivity contribution in [2.45, 2.75) is 26.2 Å². The van der Waals surface area contributed by atoms with Crippen LogP contribution in [0.4, 0.5) is 0 Å². The van der Waals surface area contributed by atoms with Crippen LogP contribution in [-0.4, -0.2) is 29.8 Å². The molecule has 0 aromatic carbocycles. The van der Waals surface area contributed by atoms with E-state index < -0.39 is 0 Å². The Morgan fingerprint density at radius 1 is 1.67 bits per heavy atom. The summed E-state index contributed by atoms with van der Waals surface area (Å²) < 4.78 is 0. The molecule has 0 aromatic rings. The van der Waals surface area contributed by atoms with Crippen LogP contribution in [0.25, 0.3) is 0 Å². The molecule has 0 spiro atoms. The molecule has 2 nitrogen and oxygen atoms in total. The van der Waals surface area contributed by atoms with Crippen LogP contribution >= 0.6 is 23.4 Å². The van der Waals surface area contributed by atoms with E-state index in [4.69, 9.17) is 11.6 Å². The van der Waals surface area contributed by atoms with Crippen LogP contribution in [0.3, 0.4) is 0 Å². The molecule has 2 atom stereocenters. The van der Waals surface area contributed by atoms with Gasteiger partial charge < -0.3 is 5.32 Å². The van der Waals surface area contributed by atoms with Crippen molar-refractivity contribution in [1.82, 2.24) is 5.32 Å². The zero-order valence-corrected chi connectivity index (χ0v) is 10.9. The van der Waals surface area contributed by atoms with Crippen LogP contribution in [-0.2, 0) is 4.79 Å². The number of thioether (sulfide) groups is 1. The van der Waals surface area contributed by atoms with Gasteiger partial charge in [0.05, 0.1) is 0 Å². The first-order valence-corrected chi connectivity index (χ1v) is 7.34. The summed E-state index contributed by atoms with van der Waals surface area (Å²) in [6, 6.07) is 0. The molecule has 4 heteroatoms. The van der Waals surface area contributed by atoms with E-state index in [0.717, 1.165) is 37.3 Å². The largest absolute Gasteiger partial charge is 0.356 e. The number of carbonyl (C=O) groups excluding carboxylic acids is 1. The van der Waals surface area contributed by atoms with Gasteiger partial charge >= 0.3 is 0 Å². The zero-order chi connectivity index (χ0) is 11.1. The van der Waals surface area contributed by atoms with Crippen molar-refractivity contribution in [1.29, 1.82) is 0 Å². The fourth-order valence-corrected chi connectivity index (χ4v) is 3.00. The lowest BCUT2D eigenvalue weighted by Crippen LogP contribution is -2.31. The Kier molecular flexibility index (Phi) is 6.50. The molecule has 88 valence electrons. The van der Waals surface area contributed by atoms with Gasteiger partial charge in [0, 0.05) is 24.1 Å². The Labute approximate surface area is 102 Å². The summed E-state index contributed by atoms with van der Waals surface area (Å²) in [5.74, 6) is 3.93. The normalized spacial score (nSPS) is 22.7. The molecule has 0 bridgehead atoms. The van der Waals surface area contributed by atoms with E-state index >= 15 is 0 Å². The van der Waals surface area contributed by atoms with Crippen molar-refractivity contribution < 1.29 is 4.79 Å². The monoisotopic (exact) mass is 249 g/mol. The predicted octanol–water partition coefficient (Wildman–Crippen LogP) is 2.51. The molecular weight excluding hydrogens is 230 g/mol. The molecule has 1 fully saturated rings. The molecule has 0 radical (unpaired) electrons. The minimum absolute atomic E-state index is 0.249. The Hall–Kier alpha value is 0.110. The molecule has 1 aliphatic heterocycles. The van der Waals surface area contributed by atoms with Crippen LogP contribution in [0, 0.1) is 11.8 Å². The summed E-state index contributed by atoms with van der Waals surface area (Å²) in [5, 5.41) is 3.01. The average Bonchev–Trinajstić information content (AvgIpc) is 2.77. The lowest BCUT2D eigenvalue weighted by atomic mass is 10.1. The van der Waals surface area contributed by atoms with Gasteiger partial charge in [-0.1, -0.05) is 6.92 Å². The Balaban J connectivity index is 2.01. The molecule has 0 aliphatic carbocycles. The van der Waals surface area contributed by atoms with Crippen LogP contribution in [0.2, 0.25) is 0 Å². The number of hydrogen-bond donors (Lipinski definition) is 1. The zero-order valence-electron chi connectivity index (χ0n) is 9.30. The first-order chi connectivity index (χ1) is 7.24. The number of halogens is 1. The molecule has 1 amide bonds. The van der Waals surface area contributed by atoms with E-state index in [1.807, 2.05) is 11.8 Å². The third-order valence-corrected chi connectivity index (χ3v) is 4.43. The minimum atomic E-state index is 0.249. The lowest BCUT2D eigenvalue weighted by molar-refractivity contribution is -0.124. The molecule has 1 aliphatic rings. The van der Waals surface area contributed by atoms with Gasteiger partial charge in [0.1, 0.15) is 0 Å². The van der Waals surface area contributed by atoms with Crippen molar-refractivity contribution in [3.63, 3.8) is 0 Å². The number of amides is 1.